The summed E-state index contributed by atoms with van der Waals surface area (Å²) in [7, 11) is 2.07. The molecule has 0 fully saturated rings. The average Bonchev–Trinajstić information content (AvgIpc) is 2.84. The molecule has 0 saturated heterocycles. The van der Waals surface area contributed by atoms with Gasteiger partial charge >= 0.3 is 0 Å². The van der Waals surface area contributed by atoms with E-state index in [-0.39, 0.29) is 0 Å². The Morgan fingerprint density at radius 3 is 2.75 bits per heavy atom. The van der Waals surface area contributed by atoms with Crippen molar-refractivity contribution in [2.45, 2.75) is 13.1 Å². The second kappa shape index (κ2) is 5.35. The molecule has 3 rings (SSSR count). The summed E-state index contributed by atoms with van der Waals surface area (Å²) < 4.78 is 0. The van der Waals surface area contributed by atoms with E-state index in [9.17, 15) is 5.11 Å². The standard InChI is InChI=1S/C16H17N3O/c1-19(10-12-5-7-17-8-6-12)11-13-9-18-14-3-2-4-15(20)16(13)14/h2-9,18,20H,10-11H2,1H3. The number of H-pyrrole nitrogens is 1. The van der Waals surface area contributed by atoms with Gasteiger partial charge in [-0.1, -0.05) is 6.07 Å². The predicted octanol–water partition coefficient (Wildman–Crippen LogP) is 2.90. The van der Waals surface area contributed by atoms with Crippen molar-refractivity contribution in [3.8, 4) is 5.75 Å². The lowest BCUT2D eigenvalue weighted by Crippen LogP contribution is -2.17. The predicted molar refractivity (Wildman–Crippen MR) is 79.4 cm³/mol. The fourth-order valence-electron chi connectivity index (χ4n) is 2.51. The van der Waals surface area contributed by atoms with E-state index in [1.165, 1.54) is 5.56 Å². The zero-order valence-corrected chi connectivity index (χ0v) is 11.4. The molecule has 0 aliphatic heterocycles. The molecule has 102 valence electrons. The Morgan fingerprint density at radius 1 is 1.15 bits per heavy atom. The minimum atomic E-state index is 0.330. The van der Waals surface area contributed by atoms with Gasteiger partial charge in [0.1, 0.15) is 5.75 Å². The summed E-state index contributed by atoms with van der Waals surface area (Å²) in [4.78, 5) is 9.44. The molecule has 0 saturated carbocycles. The summed E-state index contributed by atoms with van der Waals surface area (Å²) in [5.41, 5.74) is 3.30. The molecular weight excluding hydrogens is 250 g/mol. The number of benzene rings is 1. The maximum Gasteiger partial charge on any atom is 0.125 e. The van der Waals surface area contributed by atoms with E-state index in [1.54, 1.807) is 18.5 Å². The Hall–Kier alpha value is -2.33. The van der Waals surface area contributed by atoms with Gasteiger partial charge in [-0.15, -0.1) is 0 Å². The van der Waals surface area contributed by atoms with Gasteiger partial charge in [0.2, 0.25) is 0 Å². The lowest BCUT2D eigenvalue weighted by molar-refractivity contribution is 0.320. The maximum atomic E-state index is 10.00. The van der Waals surface area contributed by atoms with Crippen LogP contribution in [0.5, 0.6) is 5.75 Å². The molecule has 2 aromatic heterocycles. The number of fused-ring (bicyclic) bond motifs is 1. The molecule has 4 heteroatoms. The van der Waals surface area contributed by atoms with Gasteiger partial charge in [0.05, 0.1) is 0 Å². The molecule has 0 amide bonds. The second-order valence-corrected chi connectivity index (χ2v) is 5.04. The maximum absolute atomic E-state index is 10.00. The highest BCUT2D eigenvalue weighted by molar-refractivity contribution is 5.88. The van der Waals surface area contributed by atoms with Crippen LogP contribution in [0, 0.1) is 0 Å². The van der Waals surface area contributed by atoms with Crippen molar-refractivity contribution in [2.24, 2.45) is 0 Å². The summed E-state index contributed by atoms with van der Waals surface area (Å²) in [5.74, 6) is 0.330. The third kappa shape index (κ3) is 2.51. The molecule has 0 spiro atoms. The molecule has 3 aromatic rings. The van der Waals surface area contributed by atoms with Crippen LogP contribution >= 0.6 is 0 Å². The Morgan fingerprint density at radius 2 is 1.95 bits per heavy atom. The molecule has 0 bridgehead atoms. The minimum absolute atomic E-state index is 0.330. The van der Waals surface area contributed by atoms with Gasteiger partial charge in [-0.2, -0.15) is 0 Å². The van der Waals surface area contributed by atoms with Crippen molar-refractivity contribution in [1.82, 2.24) is 14.9 Å². The van der Waals surface area contributed by atoms with Crippen molar-refractivity contribution >= 4 is 10.9 Å². The SMILES string of the molecule is CN(Cc1ccncc1)Cc1c[nH]c2cccc(O)c12. The molecule has 2 heterocycles. The zero-order valence-electron chi connectivity index (χ0n) is 11.4. The Labute approximate surface area is 117 Å². The summed E-state index contributed by atoms with van der Waals surface area (Å²) in [6, 6.07) is 9.58. The molecule has 4 nitrogen and oxygen atoms in total. The molecule has 20 heavy (non-hydrogen) atoms. The van der Waals surface area contributed by atoms with Gasteiger partial charge in [0, 0.05) is 42.6 Å². The monoisotopic (exact) mass is 267 g/mol. The fraction of sp³-hybridized carbons (Fsp3) is 0.188. The van der Waals surface area contributed by atoms with E-state index in [4.69, 9.17) is 0 Å². The first-order valence-electron chi connectivity index (χ1n) is 6.59. The topological polar surface area (TPSA) is 52.2 Å². The number of hydrogen-bond donors (Lipinski definition) is 2. The first-order valence-corrected chi connectivity index (χ1v) is 6.59. The average molecular weight is 267 g/mol. The van der Waals surface area contributed by atoms with Crippen LogP contribution in [0.1, 0.15) is 11.1 Å². The van der Waals surface area contributed by atoms with Crippen LogP contribution in [-0.4, -0.2) is 27.0 Å². The summed E-state index contributed by atoms with van der Waals surface area (Å²) in [6.07, 6.45) is 5.58. The lowest BCUT2D eigenvalue weighted by atomic mass is 10.1. The highest BCUT2D eigenvalue weighted by Gasteiger charge is 2.10. The number of aromatic amines is 1. The van der Waals surface area contributed by atoms with E-state index in [0.717, 1.165) is 29.6 Å². The molecule has 0 unspecified atom stereocenters. The molecule has 0 aliphatic rings. The first kappa shape index (κ1) is 12.7. The van der Waals surface area contributed by atoms with Crippen LogP contribution in [-0.2, 0) is 13.1 Å². The largest absolute Gasteiger partial charge is 0.507 e. The number of aromatic nitrogens is 2. The number of phenols is 1. The van der Waals surface area contributed by atoms with E-state index in [2.05, 4.69) is 21.9 Å². The van der Waals surface area contributed by atoms with Crippen LogP contribution in [0.4, 0.5) is 0 Å². The van der Waals surface area contributed by atoms with Crippen LogP contribution in [0.2, 0.25) is 0 Å². The molecule has 0 radical (unpaired) electrons. The number of nitrogens with one attached hydrogen (secondary N) is 1. The fourth-order valence-corrected chi connectivity index (χ4v) is 2.51. The van der Waals surface area contributed by atoms with Gasteiger partial charge in [0.25, 0.3) is 0 Å². The van der Waals surface area contributed by atoms with Crippen LogP contribution in [0.15, 0.2) is 48.9 Å². The molecule has 2 N–H and O–H groups in total. The van der Waals surface area contributed by atoms with Crippen molar-refractivity contribution in [1.29, 1.82) is 0 Å². The summed E-state index contributed by atoms with van der Waals surface area (Å²) >= 11 is 0. The molecule has 0 aliphatic carbocycles. The summed E-state index contributed by atoms with van der Waals surface area (Å²) in [5, 5.41) is 10.9. The van der Waals surface area contributed by atoms with Gasteiger partial charge in [-0.25, -0.2) is 0 Å². The van der Waals surface area contributed by atoms with E-state index >= 15 is 0 Å². The number of hydrogen-bond acceptors (Lipinski definition) is 3. The van der Waals surface area contributed by atoms with Gasteiger partial charge in [0.15, 0.2) is 0 Å². The molecule has 0 atom stereocenters. The number of pyridine rings is 1. The Balaban J connectivity index is 1.79. The number of rotatable bonds is 4. The van der Waals surface area contributed by atoms with E-state index in [0.29, 0.717) is 5.75 Å². The highest BCUT2D eigenvalue weighted by atomic mass is 16.3. The lowest BCUT2D eigenvalue weighted by Gasteiger charge is -2.16. The minimum Gasteiger partial charge on any atom is -0.507 e. The van der Waals surface area contributed by atoms with E-state index in [1.807, 2.05) is 30.5 Å². The first-order chi connectivity index (χ1) is 9.74. The zero-order chi connectivity index (χ0) is 13.9. The molecule has 1 aromatic carbocycles. The van der Waals surface area contributed by atoms with Crippen molar-refractivity contribution < 1.29 is 5.11 Å². The summed E-state index contributed by atoms with van der Waals surface area (Å²) in [6.45, 7) is 1.63. The van der Waals surface area contributed by atoms with Crippen molar-refractivity contribution in [3.05, 3.63) is 60.0 Å². The second-order valence-electron chi connectivity index (χ2n) is 5.04. The van der Waals surface area contributed by atoms with Crippen LogP contribution < -0.4 is 0 Å². The van der Waals surface area contributed by atoms with Gasteiger partial charge in [-0.05, 0) is 42.4 Å². The third-order valence-corrected chi connectivity index (χ3v) is 3.41. The van der Waals surface area contributed by atoms with Crippen LogP contribution in [0.25, 0.3) is 10.9 Å². The number of aromatic hydroxyl groups is 1. The number of phenolic OH excluding ortho intramolecular Hbond substituents is 1. The van der Waals surface area contributed by atoms with E-state index < -0.39 is 0 Å². The number of nitrogens with zero attached hydrogens (tertiary/aromatic N) is 2. The van der Waals surface area contributed by atoms with Crippen molar-refractivity contribution in [3.63, 3.8) is 0 Å². The normalized spacial score (nSPS) is 11.3. The van der Waals surface area contributed by atoms with Gasteiger partial charge < -0.3 is 10.1 Å². The highest BCUT2D eigenvalue weighted by Crippen LogP contribution is 2.28. The third-order valence-electron chi connectivity index (χ3n) is 3.41. The smallest absolute Gasteiger partial charge is 0.125 e. The molecular formula is C16H17N3O. The van der Waals surface area contributed by atoms with Crippen LogP contribution in [0.3, 0.4) is 0 Å². The quantitative estimate of drug-likeness (QED) is 0.764. The van der Waals surface area contributed by atoms with Crippen molar-refractivity contribution in [2.75, 3.05) is 7.05 Å². The Kier molecular flexibility index (Phi) is 3.39. The van der Waals surface area contributed by atoms with Gasteiger partial charge in [-0.3, -0.25) is 9.88 Å². The Bertz CT molecular complexity index is 706.